The molecule has 0 aromatic heterocycles. The maximum absolute atomic E-state index is 15.5. The highest BCUT2D eigenvalue weighted by molar-refractivity contribution is 7.91. The largest absolute Gasteiger partial charge is 0.527 e. The van der Waals surface area contributed by atoms with Crippen LogP contribution in [-0.4, -0.2) is 8.42 Å². The molecule has 270 valence electrons. The zero-order valence-electron chi connectivity index (χ0n) is 30.3. The number of hydrogen-bond acceptors (Lipinski definition) is 7. The first kappa shape index (κ1) is 40.4. The van der Waals surface area contributed by atoms with Crippen molar-refractivity contribution in [3.8, 4) is 52.6 Å². The van der Waals surface area contributed by atoms with Crippen LogP contribution in [0.4, 0.5) is 22.7 Å². The molecule has 0 amide bonds. The molecular weight excluding hydrogens is 759 g/mol. The molecule has 0 unspecified atom stereocenters. The van der Waals surface area contributed by atoms with Crippen LogP contribution in [0.1, 0.15) is 33.4 Å². The van der Waals surface area contributed by atoms with Gasteiger partial charge in [0.15, 0.2) is 22.7 Å². The summed E-state index contributed by atoms with van der Waals surface area (Å²) in [5.41, 5.74) is -1.41. The highest BCUT2D eigenvalue weighted by Crippen LogP contribution is 2.39. The summed E-state index contributed by atoms with van der Waals surface area (Å²) in [5.74, 6) is -0.693. The lowest BCUT2D eigenvalue weighted by Crippen LogP contribution is -2.31. The monoisotopic (exact) mass is 775 g/mol. The van der Waals surface area contributed by atoms with Crippen LogP contribution in [0.3, 0.4) is 0 Å². The van der Waals surface area contributed by atoms with E-state index >= 15 is 8.42 Å². The Morgan fingerprint density at radius 3 is 1.68 bits per heavy atom. The van der Waals surface area contributed by atoms with Crippen molar-refractivity contribution >= 4 is 44.0 Å². The second-order valence-electron chi connectivity index (χ2n) is 12.2. The Hall–Kier alpha value is -9.82. The van der Waals surface area contributed by atoms with E-state index in [1.165, 1.54) is 73.7 Å². The summed E-state index contributed by atoms with van der Waals surface area (Å²) < 4.78 is 30.9. The van der Waals surface area contributed by atoms with Crippen molar-refractivity contribution in [1.82, 2.24) is 0 Å². The lowest BCUT2D eigenvalue weighted by molar-refractivity contribution is 0.595. The van der Waals surface area contributed by atoms with E-state index in [9.17, 15) is 26.3 Å². The highest BCUT2D eigenvalue weighted by atomic mass is 32.2. The number of rotatable bonds is 6. The average molecular weight is 776 g/mol. The number of aryl methyl sites for hydroxylation is 1. The normalized spacial score (nSPS) is 9.80. The fourth-order valence-electron chi connectivity index (χ4n) is 6.44. The minimum absolute atomic E-state index is 0.00324. The molecule has 0 N–H and O–H groups in total. The first-order valence-corrected chi connectivity index (χ1v) is 17.9. The van der Waals surface area contributed by atoms with Crippen LogP contribution in [-0.2, 0) is 16.3 Å². The molecule has 0 aliphatic carbocycles. The molecule has 0 fully saturated rings. The van der Waals surface area contributed by atoms with Gasteiger partial charge >= 0.3 is 5.82 Å². The van der Waals surface area contributed by atoms with E-state index in [-0.39, 0.29) is 84.5 Å². The van der Waals surface area contributed by atoms with Gasteiger partial charge in [-0.3, -0.25) is 19.4 Å². The predicted molar refractivity (Wildman–Crippen MR) is 213 cm³/mol. The van der Waals surface area contributed by atoms with E-state index in [1.54, 1.807) is 12.1 Å². The van der Waals surface area contributed by atoms with Gasteiger partial charge in [-0.25, -0.2) is 8.42 Å². The van der Waals surface area contributed by atoms with E-state index in [4.69, 9.17) is 39.4 Å². The molecule has 5 aromatic carbocycles. The smallest absolute Gasteiger partial charge is 0.250 e. The Bertz CT molecular complexity index is 3440. The van der Waals surface area contributed by atoms with Gasteiger partial charge in [0.1, 0.15) is 43.0 Å². The third-order valence-corrected chi connectivity index (χ3v) is 10.9. The van der Waals surface area contributed by atoms with Crippen LogP contribution in [0.15, 0.2) is 82.6 Å². The van der Waals surface area contributed by atoms with Crippen molar-refractivity contribution in [2.45, 2.75) is 23.1 Å². The molecule has 0 radical (unpaired) electrons. The van der Waals surface area contributed by atoms with Crippen LogP contribution in [0.2, 0.25) is 0 Å². The Kier molecular flexibility index (Phi) is 11.4. The molecule has 0 spiro atoms. The number of hydrogen-bond donors (Lipinski definition) is 0. The summed E-state index contributed by atoms with van der Waals surface area (Å²) in [5, 5.41) is 49.9. The van der Waals surface area contributed by atoms with Crippen molar-refractivity contribution < 1.29 is 8.42 Å². The predicted octanol–water partition coefficient (Wildman–Crippen LogP) is 8.67. The van der Waals surface area contributed by atoms with Gasteiger partial charge in [0.25, 0.3) is 0 Å². The molecule has 0 aliphatic rings. The third kappa shape index (κ3) is 7.11. The average Bonchev–Trinajstić information content (AvgIpc) is 3.26. The molecule has 0 saturated heterocycles. The molecule has 59 heavy (non-hydrogen) atoms. The van der Waals surface area contributed by atoms with Crippen molar-refractivity contribution in [2.75, 3.05) is 0 Å². The van der Waals surface area contributed by atoms with Crippen molar-refractivity contribution in [3.05, 3.63) is 185 Å². The fraction of sp³-hybridized carbons (Fsp3) is 0.0444. The second kappa shape index (κ2) is 16.7. The summed E-state index contributed by atoms with van der Waals surface area (Å²) in [4.78, 5) is 19.5. The Morgan fingerprint density at radius 1 is 0.593 bits per heavy atom. The number of benzene rings is 5. The highest BCUT2D eigenvalue weighted by Gasteiger charge is 2.34. The van der Waals surface area contributed by atoms with E-state index in [0.717, 1.165) is 6.07 Å². The first-order chi connectivity index (χ1) is 28.4. The van der Waals surface area contributed by atoms with Crippen molar-refractivity contribution in [3.63, 3.8) is 0 Å². The molecule has 13 nitrogen and oxygen atoms in total. The first-order valence-electron chi connectivity index (χ1n) is 16.5. The topological polar surface area (TPSA) is 179 Å². The lowest BCUT2D eigenvalue weighted by atomic mass is 9.85. The molecule has 0 saturated carbocycles. The molecule has 0 bridgehead atoms. The maximum atomic E-state index is 15.5. The second-order valence-corrected chi connectivity index (χ2v) is 14.1. The van der Waals surface area contributed by atoms with E-state index in [0.29, 0.717) is 5.56 Å². The Balaban J connectivity index is 2.32. The SMILES string of the molecule is [C-]#[N+]C([N+]#[C-])=c1c(Cc2ccc([N+]#[C-])c([N+]#[C-])c2)c(-c2ccc(C#N)c(C#N)c2)c(=C(C#N)C#N)c(S(=O)(=O)c2ccc(C#N)c(C)c2)c1-c1ccc([N+]#[C-])c([N+]#[C-])c1. The maximum Gasteiger partial charge on any atom is 0.527 e. The van der Waals surface area contributed by atoms with Crippen LogP contribution in [0.25, 0.3) is 62.7 Å². The quantitative estimate of drug-likeness (QED) is 0.155. The van der Waals surface area contributed by atoms with Crippen LogP contribution in [0, 0.1) is 103 Å². The lowest BCUT2D eigenvalue weighted by Gasteiger charge is -2.22. The minimum Gasteiger partial charge on any atom is -0.250 e. The van der Waals surface area contributed by atoms with Gasteiger partial charge in [0.05, 0.1) is 64.1 Å². The summed E-state index contributed by atoms with van der Waals surface area (Å²) in [6.07, 6.45) is -0.335. The van der Waals surface area contributed by atoms with Crippen LogP contribution in [0.5, 0.6) is 0 Å². The zero-order valence-corrected chi connectivity index (χ0v) is 31.1. The number of sulfone groups is 1. The Morgan fingerprint density at radius 2 is 1.14 bits per heavy atom. The van der Waals surface area contributed by atoms with Gasteiger partial charge in [-0.2, -0.15) is 36.0 Å². The number of nitriles is 5. The van der Waals surface area contributed by atoms with Gasteiger partial charge in [-0.1, -0.05) is 48.0 Å². The van der Waals surface area contributed by atoms with Crippen LogP contribution >= 0.6 is 0 Å². The molecule has 0 heterocycles. The van der Waals surface area contributed by atoms with Gasteiger partial charge < -0.3 is 0 Å². The molecule has 5 rings (SSSR count). The molecule has 14 heteroatoms. The van der Waals surface area contributed by atoms with Gasteiger partial charge in [-0.05, 0) is 71.5 Å². The van der Waals surface area contributed by atoms with Gasteiger partial charge in [0, 0.05) is 10.8 Å². The molecule has 0 aliphatic heterocycles. The summed E-state index contributed by atoms with van der Waals surface area (Å²) in [6.45, 7) is 48.6. The third-order valence-electron chi connectivity index (χ3n) is 9.08. The van der Waals surface area contributed by atoms with E-state index in [2.05, 4.69) is 29.1 Å². The summed E-state index contributed by atoms with van der Waals surface area (Å²) in [7, 11) is -5.02. The van der Waals surface area contributed by atoms with Crippen molar-refractivity contribution in [2.24, 2.45) is 0 Å². The molecule has 0 atom stereocenters. The van der Waals surface area contributed by atoms with Crippen molar-refractivity contribution in [1.29, 1.82) is 26.3 Å². The fourth-order valence-corrected chi connectivity index (χ4v) is 8.22. The standard InChI is InChI=1S/C45H17N11O2S/c1-26-16-34(13-11-30(26)21-46)59(57,58)44-41(29-12-15-37(52-3)39(20-29)54-5)43(45(55-6)56-7)35(17-27-8-14-36(51-2)38(18-27)53-4)40(42(44)33(24-49)25-50)28-9-10-31(22-47)32(19-28)23-48/h8-16,18-20H,17H2,1H3. The minimum atomic E-state index is -5.02. The van der Waals surface area contributed by atoms with Crippen LogP contribution < -0.4 is 10.4 Å². The number of nitrogens with zero attached hydrogens (tertiary/aromatic N) is 11. The zero-order chi connectivity index (χ0) is 43.0. The summed E-state index contributed by atoms with van der Waals surface area (Å²) in [6, 6.07) is 24.8. The molecule has 5 aromatic rings. The molecular formula is C45H17N11O2S. The van der Waals surface area contributed by atoms with Gasteiger partial charge in [0.2, 0.25) is 9.84 Å². The van der Waals surface area contributed by atoms with Gasteiger partial charge in [-0.15, -0.1) is 0 Å². The Labute approximate surface area is 338 Å². The van der Waals surface area contributed by atoms with E-state index in [1.807, 2.05) is 18.2 Å². The summed E-state index contributed by atoms with van der Waals surface area (Å²) >= 11 is 0. The van der Waals surface area contributed by atoms with E-state index < -0.39 is 36.2 Å².